The summed E-state index contributed by atoms with van der Waals surface area (Å²) in [5.41, 5.74) is 2.55. The highest BCUT2D eigenvalue weighted by Gasteiger charge is 2.21. The Kier molecular flexibility index (Phi) is 8.85. The number of amides is 2. The molecule has 0 bridgehead atoms. The molecule has 2 amide bonds. The molecule has 0 aliphatic heterocycles. The first-order valence-electron chi connectivity index (χ1n) is 10.7. The molecule has 8 heteroatoms. The second-order valence-corrected chi connectivity index (χ2v) is 9.20. The molecule has 3 rings (SSSR count). The second-order valence-electron chi connectivity index (χ2n) is 7.48. The summed E-state index contributed by atoms with van der Waals surface area (Å²) in [4.78, 5) is 26.8. The van der Waals surface area contributed by atoms with Crippen molar-refractivity contribution in [2.45, 2.75) is 30.4 Å². The molecule has 0 fully saturated rings. The molecule has 1 unspecified atom stereocenters. The van der Waals surface area contributed by atoms with Gasteiger partial charge in [-0.05, 0) is 61.4 Å². The fraction of sp³-hybridized carbons (Fsp3) is 0.231. The Morgan fingerprint density at radius 3 is 2.29 bits per heavy atom. The Morgan fingerprint density at radius 2 is 1.65 bits per heavy atom. The lowest BCUT2D eigenvalue weighted by atomic mass is 10.1. The smallest absolute Gasteiger partial charge is 0.263 e. The van der Waals surface area contributed by atoms with Crippen molar-refractivity contribution in [3.05, 3.63) is 76.8 Å². The number of methoxy groups -OCH3 is 2. The van der Waals surface area contributed by atoms with Crippen molar-refractivity contribution in [1.29, 1.82) is 0 Å². The predicted molar refractivity (Wildman–Crippen MR) is 139 cm³/mol. The number of carbonyl (C=O) groups is 2. The third kappa shape index (κ3) is 6.24. The Morgan fingerprint density at radius 1 is 0.971 bits per heavy atom. The summed E-state index contributed by atoms with van der Waals surface area (Å²) in [7, 11) is 3.01. The molecule has 178 valence electrons. The fourth-order valence-electron chi connectivity index (χ4n) is 3.34. The highest BCUT2D eigenvalue weighted by atomic mass is 35.5. The lowest BCUT2D eigenvalue weighted by molar-refractivity contribution is -0.115. The van der Waals surface area contributed by atoms with Crippen LogP contribution in [0.3, 0.4) is 0 Å². The molecule has 0 aliphatic carbocycles. The van der Waals surface area contributed by atoms with Gasteiger partial charge in [-0.1, -0.05) is 36.7 Å². The van der Waals surface area contributed by atoms with Gasteiger partial charge in [-0.3, -0.25) is 9.59 Å². The molecule has 6 nitrogen and oxygen atoms in total. The van der Waals surface area contributed by atoms with Crippen molar-refractivity contribution in [3.8, 4) is 11.5 Å². The van der Waals surface area contributed by atoms with Gasteiger partial charge < -0.3 is 20.1 Å². The zero-order chi connectivity index (χ0) is 24.7. The van der Waals surface area contributed by atoms with Crippen LogP contribution in [-0.4, -0.2) is 31.3 Å². The van der Waals surface area contributed by atoms with Gasteiger partial charge in [-0.25, -0.2) is 0 Å². The van der Waals surface area contributed by atoms with Gasteiger partial charge in [-0.2, -0.15) is 0 Å². The number of hydrogen-bond acceptors (Lipinski definition) is 5. The standard InChI is InChI=1S/C26H27ClN2O4S/c1-5-23(25(30)29-20-14-17(27)13-12-16(20)2)34-19-9-6-8-18(15-19)28-26(31)24-21(32-3)10-7-11-22(24)33-4/h6-15,23H,5H2,1-4H3,(H,28,31)(H,29,30). The van der Waals surface area contributed by atoms with Crippen LogP contribution in [0.4, 0.5) is 11.4 Å². The number of ether oxygens (including phenoxy) is 2. The first-order chi connectivity index (χ1) is 16.4. The number of nitrogens with one attached hydrogen (secondary N) is 2. The van der Waals surface area contributed by atoms with E-state index >= 15 is 0 Å². The molecule has 1 atom stereocenters. The number of halogens is 1. The molecule has 0 spiro atoms. The minimum absolute atomic E-state index is 0.105. The number of anilines is 2. The van der Waals surface area contributed by atoms with Gasteiger partial charge in [0.1, 0.15) is 17.1 Å². The monoisotopic (exact) mass is 498 g/mol. The summed E-state index contributed by atoms with van der Waals surface area (Å²) in [6.45, 7) is 3.88. The van der Waals surface area contributed by atoms with Crippen molar-refractivity contribution in [3.63, 3.8) is 0 Å². The van der Waals surface area contributed by atoms with E-state index in [2.05, 4.69) is 10.6 Å². The fourth-order valence-corrected chi connectivity index (χ4v) is 4.53. The number of benzene rings is 3. The van der Waals surface area contributed by atoms with E-state index in [0.717, 1.165) is 10.5 Å². The Labute approximate surface area is 209 Å². The zero-order valence-corrected chi connectivity index (χ0v) is 21.0. The van der Waals surface area contributed by atoms with Crippen molar-refractivity contribution in [1.82, 2.24) is 0 Å². The second kappa shape index (κ2) is 11.8. The molecule has 0 saturated carbocycles. The predicted octanol–water partition coefficient (Wildman–Crippen LogP) is 6.43. The SMILES string of the molecule is CCC(Sc1cccc(NC(=O)c2c(OC)cccc2OC)c1)C(=O)Nc1cc(Cl)ccc1C. The number of thioether (sulfide) groups is 1. The number of aryl methyl sites for hydroxylation is 1. The van der Waals surface area contributed by atoms with Crippen LogP contribution in [0.15, 0.2) is 65.6 Å². The minimum Gasteiger partial charge on any atom is -0.496 e. The van der Waals surface area contributed by atoms with Crippen LogP contribution in [0.5, 0.6) is 11.5 Å². The molecule has 0 aliphatic rings. The summed E-state index contributed by atoms with van der Waals surface area (Å²) in [5, 5.41) is 6.11. The van der Waals surface area contributed by atoms with E-state index in [4.69, 9.17) is 21.1 Å². The summed E-state index contributed by atoms with van der Waals surface area (Å²) in [6, 6.07) is 17.9. The molecule has 0 aromatic heterocycles. The lowest BCUT2D eigenvalue weighted by Crippen LogP contribution is -2.25. The average Bonchev–Trinajstić information content (AvgIpc) is 2.84. The van der Waals surface area contributed by atoms with Crippen LogP contribution in [0.25, 0.3) is 0 Å². The third-order valence-corrected chi connectivity index (χ3v) is 6.74. The summed E-state index contributed by atoms with van der Waals surface area (Å²) in [5.74, 6) is 0.381. The van der Waals surface area contributed by atoms with Gasteiger partial charge in [0.15, 0.2) is 0 Å². The van der Waals surface area contributed by atoms with Gasteiger partial charge in [0.25, 0.3) is 5.91 Å². The van der Waals surface area contributed by atoms with Crippen LogP contribution in [0.2, 0.25) is 5.02 Å². The number of hydrogen-bond donors (Lipinski definition) is 2. The van der Waals surface area contributed by atoms with E-state index in [-0.39, 0.29) is 17.1 Å². The van der Waals surface area contributed by atoms with Gasteiger partial charge in [0, 0.05) is 21.3 Å². The van der Waals surface area contributed by atoms with Crippen LogP contribution in [0, 0.1) is 6.92 Å². The van der Waals surface area contributed by atoms with Crippen LogP contribution in [-0.2, 0) is 4.79 Å². The van der Waals surface area contributed by atoms with Crippen LogP contribution in [0.1, 0.15) is 29.3 Å². The maximum absolute atomic E-state index is 13.0. The van der Waals surface area contributed by atoms with Crippen molar-refractivity contribution < 1.29 is 19.1 Å². The Bertz CT molecular complexity index is 1160. The average molecular weight is 499 g/mol. The van der Waals surface area contributed by atoms with E-state index in [9.17, 15) is 9.59 Å². The first kappa shape index (κ1) is 25.5. The largest absolute Gasteiger partial charge is 0.496 e. The van der Waals surface area contributed by atoms with E-state index < -0.39 is 0 Å². The van der Waals surface area contributed by atoms with E-state index in [1.165, 1.54) is 26.0 Å². The summed E-state index contributed by atoms with van der Waals surface area (Å²) >= 11 is 7.51. The Hall–Kier alpha value is -3.16. The number of carbonyl (C=O) groups excluding carboxylic acids is 2. The van der Waals surface area contributed by atoms with Crippen molar-refractivity contribution in [2.24, 2.45) is 0 Å². The highest BCUT2D eigenvalue weighted by molar-refractivity contribution is 8.00. The highest BCUT2D eigenvalue weighted by Crippen LogP contribution is 2.32. The number of rotatable bonds is 9. The maximum Gasteiger partial charge on any atom is 0.263 e. The topological polar surface area (TPSA) is 76.7 Å². The molecular formula is C26H27ClN2O4S. The molecule has 3 aromatic rings. The molecule has 0 saturated heterocycles. The van der Waals surface area contributed by atoms with E-state index in [1.807, 2.05) is 38.1 Å². The van der Waals surface area contributed by atoms with Gasteiger partial charge in [0.05, 0.1) is 19.5 Å². The first-order valence-corrected chi connectivity index (χ1v) is 12.0. The van der Waals surface area contributed by atoms with Crippen LogP contribution < -0.4 is 20.1 Å². The van der Waals surface area contributed by atoms with Gasteiger partial charge in [-0.15, -0.1) is 11.8 Å². The van der Waals surface area contributed by atoms with Crippen molar-refractivity contribution in [2.75, 3.05) is 24.9 Å². The molecule has 2 N–H and O–H groups in total. The molecule has 34 heavy (non-hydrogen) atoms. The Balaban J connectivity index is 1.74. The molecule has 0 heterocycles. The van der Waals surface area contributed by atoms with E-state index in [0.29, 0.717) is 39.9 Å². The van der Waals surface area contributed by atoms with Gasteiger partial charge >= 0.3 is 0 Å². The summed E-state index contributed by atoms with van der Waals surface area (Å²) in [6.07, 6.45) is 0.630. The van der Waals surface area contributed by atoms with Crippen LogP contribution >= 0.6 is 23.4 Å². The van der Waals surface area contributed by atoms with E-state index in [1.54, 1.807) is 36.4 Å². The lowest BCUT2D eigenvalue weighted by Gasteiger charge is -2.17. The van der Waals surface area contributed by atoms with Crippen molar-refractivity contribution >= 4 is 46.6 Å². The summed E-state index contributed by atoms with van der Waals surface area (Å²) < 4.78 is 10.7. The third-order valence-electron chi connectivity index (χ3n) is 5.15. The molecular weight excluding hydrogens is 472 g/mol. The molecule has 0 radical (unpaired) electrons. The van der Waals surface area contributed by atoms with Gasteiger partial charge in [0.2, 0.25) is 5.91 Å². The molecule has 3 aromatic carbocycles. The normalized spacial score (nSPS) is 11.4. The minimum atomic E-state index is -0.349. The zero-order valence-electron chi connectivity index (χ0n) is 19.5. The maximum atomic E-state index is 13.0. The quantitative estimate of drug-likeness (QED) is 0.332.